The Hall–Kier alpha value is -0.710. The second kappa shape index (κ2) is 6.83. The van der Waals surface area contributed by atoms with Crippen LogP contribution in [0.1, 0.15) is 18.5 Å². The van der Waals surface area contributed by atoms with Gasteiger partial charge in [-0.3, -0.25) is 0 Å². The Bertz CT molecular complexity index is 619. The predicted molar refractivity (Wildman–Crippen MR) is 91.9 cm³/mol. The van der Waals surface area contributed by atoms with Crippen molar-refractivity contribution in [2.45, 2.75) is 13.0 Å². The quantitative estimate of drug-likeness (QED) is 0.652. The number of methoxy groups -OCH3 is 1. The lowest BCUT2D eigenvalue weighted by Crippen LogP contribution is -2.07. The van der Waals surface area contributed by atoms with Crippen LogP contribution in [0.25, 0.3) is 0 Å². The maximum Gasteiger partial charge on any atom is 0.135 e. The third-order valence-electron chi connectivity index (χ3n) is 2.99. The van der Waals surface area contributed by atoms with Gasteiger partial charge in [0.1, 0.15) is 5.75 Å². The minimum atomic E-state index is 0.0888. The fourth-order valence-corrected chi connectivity index (χ4v) is 3.50. The summed E-state index contributed by atoms with van der Waals surface area (Å²) in [5.41, 5.74) is 2.01. The number of anilines is 1. The van der Waals surface area contributed by atoms with Gasteiger partial charge in [-0.25, -0.2) is 0 Å². The Labute approximate surface area is 140 Å². The number of ether oxygens (including phenoxy) is 1. The van der Waals surface area contributed by atoms with Gasteiger partial charge in [-0.1, -0.05) is 29.8 Å². The van der Waals surface area contributed by atoms with E-state index < -0.39 is 0 Å². The largest absolute Gasteiger partial charge is 0.495 e. The van der Waals surface area contributed by atoms with Crippen molar-refractivity contribution in [3.8, 4) is 5.75 Å². The molecule has 1 N–H and O–H groups in total. The number of hydrogen-bond acceptors (Lipinski definition) is 2. The molecule has 1 unspecified atom stereocenters. The first-order valence-electron chi connectivity index (χ1n) is 6.07. The van der Waals surface area contributed by atoms with Crippen LogP contribution >= 0.6 is 43.5 Å². The molecule has 0 saturated heterocycles. The zero-order valence-electron chi connectivity index (χ0n) is 11.1. The second-order valence-electron chi connectivity index (χ2n) is 4.35. The lowest BCUT2D eigenvalue weighted by Gasteiger charge is -2.19. The number of benzene rings is 2. The molecule has 1 atom stereocenters. The molecule has 0 aliphatic heterocycles. The van der Waals surface area contributed by atoms with E-state index in [9.17, 15) is 0 Å². The molecule has 2 aromatic carbocycles. The van der Waals surface area contributed by atoms with E-state index in [1.807, 2.05) is 36.4 Å². The third kappa shape index (κ3) is 3.48. The maximum atomic E-state index is 6.22. The van der Waals surface area contributed by atoms with Gasteiger partial charge in [0.05, 0.1) is 23.3 Å². The monoisotopic (exact) mass is 417 g/mol. The summed E-state index contributed by atoms with van der Waals surface area (Å²) in [5, 5.41) is 4.19. The molecular formula is C15H14Br2ClNO. The van der Waals surface area contributed by atoms with Crippen molar-refractivity contribution in [3.63, 3.8) is 0 Å². The van der Waals surface area contributed by atoms with Gasteiger partial charge in [-0.05, 0) is 56.5 Å². The molecule has 2 aromatic rings. The third-order valence-corrected chi connectivity index (χ3v) is 4.61. The number of halogens is 3. The second-order valence-corrected chi connectivity index (χ2v) is 6.47. The van der Waals surface area contributed by atoms with E-state index in [-0.39, 0.29) is 6.04 Å². The Morgan fingerprint density at radius 3 is 2.50 bits per heavy atom. The molecule has 5 heteroatoms. The van der Waals surface area contributed by atoms with Crippen molar-refractivity contribution in [1.29, 1.82) is 0 Å². The predicted octanol–water partition coefficient (Wildman–Crippen LogP) is 6.05. The van der Waals surface area contributed by atoms with E-state index in [1.165, 1.54) is 0 Å². The van der Waals surface area contributed by atoms with Gasteiger partial charge in [0.15, 0.2) is 0 Å². The van der Waals surface area contributed by atoms with Gasteiger partial charge in [-0.15, -0.1) is 0 Å². The molecule has 0 aliphatic rings. The molecule has 0 bridgehead atoms. The molecule has 2 rings (SSSR count). The standard InChI is InChI=1S/C15H14Br2ClNO/c1-9(10-5-3-4-6-13(10)18)19-14-8-15(20-2)12(17)7-11(14)16/h3-9,19H,1-2H3. The Morgan fingerprint density at radius 2 is 1.85 bits per heavy atom. The van der Waals surface area contributed by atoms with Crippen molar-refractivity contribution in [1.82, 2.24) is 0 Å². The fourth-order valence-electron chi connectivity index (χ4n) is 1.93. The van der Waals surface area contributed by atoms with Crippen molar-refractivity contribution in [2.24, 2.45) is 0 Å². The summed E-state index contributed by atoms with van der Waals surface area (Å²) in [4.78, 5) is 0. The van der Waals surface area contributed by atoms with Crippen LogP contribution in [-0.2, 0) is 0 Å². The highest BCUT2D eigenvalue weighted by molar-refractivity contribution is 9.11. The molecule has 20 heavy (non-hydrogen) atoms. The highest BCUT2D eigenvalue weighted by Gasteiger charge is 2.12. The van der Waals surface area contributed by atoms with Gasteiger partial charge < -0.3 is 10.1 Å². The first-order chi connectivity index (χ1) is 9.52. The average Bonchev–Trinajstić information content (AvgIpc) is 2.42. The maximum absolute atomic E-state index is 6.22. The van der Waals surface area contributed by atoms with Gasteiger partial charge in [0.25, 0.3) is 0 Å². The van der Waals surface area contributed by atoms with Crippen molar-refractivity contribution in [3.05, 3.63) is 55.9 Å². The molecule has 106 valence electrons. The van der Waals surface area contributed by atoms with E-state index in [0.717, 1.165) is 31.0 Å². The summed E-state index contributed by atoms with van der Waals surface area (Å²) < 4.78 is 7.19. The van der Waals surface area contributed by atoms with Crippen molar-refractivity contribution in [2.75, 3.05) is 12.4 Å². The van der Waals surface area contributed by atoms with Crippen LogP contribution < -0.4 is 10.1 Å². The molecule has 0 saturated carbocycles. The van der Waals surface area contributed by atoms with Crippen LogP contribution in [0.2, 0.25) is 5.02 Å². The lowest BCUT2D eigenvalue weighted by atomic mass is 10.1. The van der Waals surface area contributed by atoms with Crippen LogP contribution in [0.3, 0.4) is 0 Å². The van der Waals surface area contributed by atoms with Crippen LogP contribution in [0.15, 0.2) is 45.3 Å². The summed E-state index contributed by atoms with van der Waals surface area (Å²) in [6, 6.07) is 11.8. The van der Waals surface area contributed by atoms with Crippen LogP contribution in [0.5, 0.6) is 5.75 Å². The molecule has 2 nitrogen and oxygen atoms in total. The summed E-state index contributed by atoms with van der Waals surface area (Å²) in [5.74, 6) is 0.780. The van der Waals surface area contributed by atoms with E-state index >= 15 is 0 Å². The number of nitrogens with one attached hydrogen (secondary N) is 1. The van der Waals surface area contributed by atoms with E-state index in [1.54, 1.807) is 7.11 Å². The first-order valence-corrected chi connectivity index (χ1v) is 8.03. The molecule has 0 fully saturated rings. The van der Waals surface area contributed by atoms with E-state index in [2.05, 4.69) is 44.1 Å². The van der Waals surface area contributed by atoms with Crippen LogP contribution in [0.4, 0.5) is 5.69 Å². The molecule has 0 heterocycles. The van der Waals surface area contributed by atoms with Gasteiger partial charge >= 0.3 is 0 Å². The van der Waals surface area contributed by atoms with Gasteiger partial charge in [-0.2, -0.15) is 0 Å². The highest BCUT2D eigenvalue weighted by atomic mass is 79.9. The van der Waals surface area contributed by atoms with Crippen LogP contribution in [-0.4, -0.2) is 7.11 Å². The molecule has 0 radical (unpaired) electrons. The van der Waals surface area contributed by atoms with Crippen molar-refractivity contribution < 1.29 is 4.74 Å². The smallest absolute Gasteiger partial charge is 0.135 e. The topological polar surface area (TPSA) is 21.3 Å². The molecule has 0 spiro atoms. The normalized spacial score (nSPS) is 12.1. The molecule has 0 aliphatic carbocycles. The number of hydrogen-bond donors (Lipinski definition) is 1. The zero-order valence-corrected chi connectivity index (χ0v) is 15.0. The number of rotatable bonds is 4. The minimum Gasteiger partial charge on any atom is -0.495 e. The average molecular weight is 420 g/mol. The van der Waals surface area contributed by atoms with Crippen molar-refractivity contribution >= 4 is 49.1 Å². The summed E-state index contributed by atoms with van der Waals surface area (Å²) in [6.45, 7) is 2.07. The Balaban J connectivity index is 2.28. The first kappa shape index (κ1) is 15.7. The fraction of sp³-hybridized carbons (Fsp3) is 0.200. The summed E-state index contributed by atoms with van der Waals surface area (Å²) in [6.07, 6.45) is 0. The lowest BCUT2D eigenvalue weighted by molar-refractivity contribution is 0.412. The van der Waals surface area contributed by atoms with Crippen LogP contribution in [0, 0.1) is 0 Å². The highest BCUT2D eigenvalue weighted by Crippen LogP contribution is 2.36. The Morgan fingerprint density at radius 1 is 1.15 bits per heavy atom. The van der Waals surface area contributed by atoms with E-state index in [4.69, 9.17) is 16.3 Å². The minimum absolute atomic E-state index is 0.0888. The van der Waals surface area contributed by atoms with Gasteiger partial charge in [0, 0.05) is 15.6 Å². The molecule has 0 aromatic heterocycles. The SMILES string of the molecule is COc1cc(NC(C)c2ccccc2Cl)c(Br)cc1Br. The summed E-state index contributed by atoms with van der Waals surface area (Å²) in [7, 11) is 1.65. The Kier molecular flexibility index (Phi) is 5.35. The molecular weight excluding hydrogens is 405 g/mol. The molecule has 0 amide bonds. The van der Waals surface area contributed by atoms with Gasteiger partial charge in [0.2, 0.25) is 0 Å². The summed E-state index contributed by atoms with van der Waals surface area (Å²) >= 11 is 13.2. The van der Waals surface area contributed by atoms with E-state index in [0.29, 0.717) is 0 Å². The zero-order chi connectivity index (χ0) is 14.7.